The van der Waals surface area contributed by atoms with Crippen molar-refractivity contribution in [1.29, 1.82) is 0 Å². The second kappa shape index (κ2) is 2.92. The van der Waals surface area contributed by atoms with Gasteiger partial charge in [-0.25, -0.2) is 0 Å². The van der Waals surface area contributed by atoms with E-state index in [1.807, 2.05) is 6.92 Å². The molecule has 0 aliphatic heterocycles. The van der Waals surface area contributed by atoms with Crippen molar-refractivity contribution in [3.63, 3.8) is 0 Å². The number of hydrogen-bond donors (Lipinski definition) is 1. The number of rotatable bonds is 2. The van der Waals surface area contributed by atoms with Crippen LogP contribution in [-0.4, -0.2) is 13.0 Å². The molecule has 0 aliphatic carbocycles. The molecule has 1 rings (SSSR count). The van der Waals surface area contributed by atoms with E-state index in [2.05, 4.69) is 0 Å². The number of hydrogen-bond acceptors (Lipinski definition) is 3. The molecule has 0 amide bonds. The van der Waals surface area contributed by atoms with Crippen molar-refractivity contribution in [3.05, 3.63) is 17.0 Å². The molecule has 0 aliphatic rings. The lowest BCUT2D eigenvalue weighted by Gasteiger charge is -1.94. The van der Waals surface area contributed by atoms with E-state index in [1.165, 1.54) is 0 Å². The van der Waals surface area contributed by atoms with E-state index in [1.54, 1.807) is 11.4 Å². The standard InChI is InChI=1S/C6H8O3S2/c1-2-5-3-4-10-6(5)11(7,8)9/h3-4H,2H2,1H3,(H,7,8,9). The highest BCUT2D eigenvalue weighted by molar-refractivity contribution is 7.88. The molecular weight excluding hydrogens is 184 g/mol. The maximum atomic E-state index is 10.6. The topological polar surface area (TPSA) is 54.4 Å². The summed E-state index contributed by atoms with van der Waals surface area (Å²) in [7, 11) is -3.98. The zero-order chi connectivity index (χ0) is 8.48. The summed E-state index contributed by atoms with van der Waals surface area (Å²) >= 11 is 1.04. The van der Waals surface area contributed by atoms with E-state index in [-0.39, 0.29) is 4.21 Å². The number of aryl methyl sites for hydroxylation is 1. The predicted molar refractivity (Wildman–Crippen MR) is 43.5 cm³/mol. The summed E-state index contributed by atoms with van der Waals surface area (Å²) in [6.45, 7) is 1.84. The summed E-state index contributed by atoms with van der Waals surface area (Å²) < 4.78 is 30.0. The van der Waals surface area contributed by atoms with Gasteiger partial charge >= 0.3 is 10.1 Å². The molecule has 11 heavy (non-hydrogen) atoms. The molecule has 1 aromatic rings. The van der Waals surface area contributed by atoms with Crippen molar-refractivity contribution in [2.45, 2.75) is 17.6 Å². The molecule has 62 valence electrons. The lowest BCUT2D eigenvalue weighted by atomic mass is 10.3. The Morgan fingerprint density at radius 2 is 2.27 bits per heavy atom. The van der Waals surface area contributed by atoms with Gasteiger partial charge in [0.1, 0.15) is 4.21 Å². The van der Waals surface area contributed by atoms with Gasteiger partial charge in [0.2, 0.25) is 0 Å². The molecular formula is C6H8O3S2. The second-order valence-electron chi connectivity index (χ2n) is 2.06. The van der Waals surface area contributed by atoms with Gasteiger partial charge in [-0.3, -0.25) is 4.55 Å². The maximum Gasteiger partial charge on any atom is 0.304 e. The van der Waals surface area contributed by atoms with E-state index in [0.29, 0.717) is 12.0 Å². The molecule has 0 atom stereocenters. The maximum absolute atomic E-state index is 10.6. The Hall–Kier alpha value is -0.390. The first-order valence-corrected chi connectivity index (χ1v) is 5.41. The van der Waals surface area contributed by atoms with Gasteiger partial charge in [0.15, 0.2) is 0 Å². The SMILES string of the molecule is CCc1ccsc1S(=O)(=O)O. The summed E-state index contributed by atoms with van der Waals surface area (Å²) in [6, 6.07) is 1.70. The lowest BCUT2D eigenvalue weighted by Crippen LogP contribution is -1.97. The van der Waals surface area contributed by atoms with Crippen molar-refractivity contribution < 1.29 is 13.0 Å². The normalized spacial score (nSPS) is 11.8. The Labute approximate surface area is 69.4 Å². The van der Waals surface area contributed by atoms with Gasteiger partial charge in [-0.1, -0.05) is 6.92 Å². The largest absolute Gasteiger partial charge is 0.304 e. The van der Waals surface area contributed by atoms with Crippen LogP contribution in [0.4, 0.5) is 0 Å². The minimum absolute atomic E-state index is 0.0694. The minimum Gasteiger partial charge on any atom is -0.281 e. The van der Waals surface area contributed by atoms with Crippen LogP contribution in [0.3, 0.4) is 0 Å². The van der Waals surface area contributed by atoms with Gasteiger partial charge in [-0.15, -0.1) is 11.3 Å². The quantitative estimate of drug-likeness (QED) is 0.723. The molecule has 0 unspecified atom stereocenters. The Morgan fingerprint density at radius 1 is 1.64 bits per heavy atom. The van der Waals surface area contributed by atoms with Gasteiger partial charge in [-0.2, -0.15) is 8.42 Å². The summed E-state index contributed by atoms with van der Waals surface area (Å²) in [5.74, 6) is 0. The van der Waals surface area contributed by atoms with Crippen LogP contribution in [0.15, 0.2) is 15.7 Å². The Bertz CT molecular complexity index is 336. The first kappa shape index (κ1) is 8.70. The highest BCUT2D eigenvalue weighted by atomic mass is 32.3. The van der Waals surface area contributed by atoms with Crippen LogP contribution in [0.1, 0.15) is 12.5 Å². The fourth-order valence-electron chi connectivity index (χ4n) is 0.810. The second-order valence-corrected chi connectivity index (χ2v) is 4.59. The van der Waals surface area contributed by atoms with Crippen LogP contribution in [0, 0.1) is 0 Å². The highest BCUT2D eigenvalue weighted by Gasteiger charge is 2.14. The van der Waals surface area contributed by atoms with Crippen molar-refractivity contribution >= 4 is 21.5 Å². The van der Waals surface area contributed by atoms with Crippen LogP contribution in [0.25, 0.3) is 0 Å². The first-order valence-electron chi connectivity index (χ1n) is 3.09. The Morgan fingerprint density at radius 3 is 2.64 bits per heavy atom. The number of thiophene rings is 1. The average molecular weight is 192 g/mol. The molecule has 0 spiro atoms. The zero-order valence-electron chi connectivity index (χ0n) is 5.94. The minimum atomic E-state index is -3.98. The van der Waals surface area contributed by atoms with Gasteiger partial charge in [0.05, 0.1) is 0 Å². The molecule has 1 aromatic heterocycles. The molecule has 0 radical (unpaired) electrons. The van der Waals surface area contributed by atoms with Crippen LogP contribution < -0.4 is 0 Å². The summed E-state index contributed by atoms with van der Waals surface area (Å²) in [5, 5.41) is 1.65. The van der Waals surface area contributed by atoms with Crippen LogP contribution in [0.5, 0.6) is 0 Å². The Kier molecular flexibility index (Phi) is 2.31. The van der Waals surface area contributed by atoms with Crippen LogP contribution in [-0.2, 0) is 16.5 Å². The average Bonchev–Trinajstić information content (AvgIpc) is 2.31. The van der Waals surface area contributed by atoms with Crippen LogP contribution >= 0.6 is 11.3 Å². The van der Waals surface area contributed by atoms with E-state index in [0.717, 1.165) is 11.3 Å². The molecule has 0 fully saturated rings. The van der Waals surface area contributed by atoms with Crippen molar-refractivity contribution in [2.24, 2.45) is 0 Å². The fourth-order valence-corrected chi connectivity index (χ4v) is 2.73. The van der Waals surface area contributed by atoms with Gasteiger partial charge in [0, 0.05) is 0 Å². The smallest absolute Gasteiger partial charge is 0.281 e. The molecule has 0 aromatic carbocycles. The molecule has 3 nitrogen and oxygen atoms in total. The third-order valence-electron chi connectivity index (χ3n) is 1.32. The van der Waals surface area contributed by atoms with Crippen LogP contribution in [0.2, 0.25) is 0 Å². The van der Waals surface area contributed by atoms with Crippen molar-refractivity contribution in [3.8, 4) is 0 Å². The van der Waals surface area contributed by atoms with Gasteiger partial charge in [-0.05, 0) is 23.4 Å². The third-order valence-corrected chi connectivity index (χ3v) is 3.72. The van der Waals surface area contributed by atoms with Crippen molar-refractivity contribution in [2.75, 3.05) is 0 Å². The molecule has 0 saturated carbocycles. The van der Waals surface area contributed by atoms with E-state index < -0.39 is 10.1 Å². The van der Waals surface area contributed by atoms with Gasteiger partial charge < -0.3 is 0 Å². The Balaban J connectivity index is 3.24. The zero-order valence-corrected chi connectivity index (χ0v) is 7.58. The van der Waals surface area contributed by atoms with Crippen molar-refractivity contribution in [1.82, 2.24) is 0 Å². The molecule has 0 saturated heterocycles. The van der Waals surface area contributed by atoms with E-state index in [9.17, 15) is 8.42 Å². The van der Waals surface area contributed by atoms with E-state index in [4.69, 9.17) is 4.55 Å². The summed E-state index contributed by atoms with van der Waals surface area (Å²) in [4.78, 5) is 0. The lowest BCUT2D eigenvalue weighted by molar-refractivity contribution is 0.485. The molecule has 1 heterocycles. The fraction of sp³-hybridized carbons (Fsp3) is 0.333. The highest BCUT2D eigenvalue weighted by Crippen LogP contribution is 2.22. The summed E-state index contributed by atoms with van der Waals surface area (Å²) in [6.07, 6.45) is 0.624. The first-order chi connectivity index (χ1) is 5.05. The third kappa shape index (κ3) is 1.79. The van der Waals surface area contributed by atoms with E-state index >= 15 is 0 Å². The molecule has 5 heteroatoms. The molecule has 0 bridgehead atoms. The predicted octanol–water partition coefficient (Wildman–Crippen LogP) is 1.56. The summed E-state index contributed by atoms with van der Waals surface area (Å²) in [5.41, 5.74) is 0.678. The molecule has 1 N–H and O–H groups in total. The van der Waals surface area contributed by atoms with Gasteiger partial charge in [0.25, 0.3) is 0 Å². The monoisotopic (exact) mass is 192 g/mol.